The van der Waals surface area contributed by atoms with Gasteiger partial charge in [-0.05, 0) is 42.1 Å². The molecule has 0 fully saturated rings. The third-order valence-corrected chi connectivity index (χ3v) is 4.29. The molecular weight excluding hydrogens is 280 g/mol. The Kier molecular flexibility index (Phi) is 6.73. The maximum absolute atomic E-state index is 5.80. The van der Waals surface area contributed by atoms with Crippen molar-refractivity contribution in [3.63, 3.8) is 0 Å². The molecule has 2 N–H and O–H groups in total. The fraction of sp³-hybridized carbons (Fsp3) is 0.412. The number of ether oxygens (including phenoxy) is 1. The van der Waals surface area contributed by atoms with Gasteiger partial charge in [-0.2, -0.15) is 0 Å². The van der Waals surface area contributed by atoms with E-state index in [2.05, 4.69) is 29.3 Å². The van der Waals surface area contributed by atoms with Crippen molar-refractivity contribution < 1.29 is 4.74 Å². The van der Waals surface area contributed by atoms with E-state index >= 15 is 0 Å². The lowest BCUT2D eigenvalue weighted by Gasteiger charge is -2.19. The highest BCUT2D eigenvalue weighted by molar-refractivity contribution is 7.09. The molecule has 0 atom stereocenters. The number of hydrogen-bond acceptors (Lipinski definition) is 4. The van der Waals surface area contributed by atoms with Crippen molar-refractivity contribution >= 4 is 11.3 Å². The molecule has 2 rings (SSSR count). The molecule has 114 valence electrons. The van der Waals surface area contributed by atoms with Crippen molar-refractivity contribution in [3.05, 3.63) is 52.2 Å². The average molecular weight is 304 g/mol. The van der Waals surface area contributed by atoms with E-state index < -0.39 is 0 Å². The van der Waals surface area contributed by atoms with Gasteiger partial charge in [-0.3, -0.25) is 4.90 Å². The highest BCUT2D eigenvalue weighted by Crippen LogP contribution is 2.14. The molecule has 0 amide bonds. The highest BCUT2D eigenvalue weighted by atomic mass is 32.1. The van der Waals surface area contributed by atoms with Crippen molar-refractivity contribution in [1.82, 2.24) is 4.90 Å². The summed E-state index contributed by atoms with van der Waals surface area (Å²) < 4.78 is 5.80. The van der Waals surface area contributed by atoms with Gasteiger partial charge in [0.1, 0.15) is 5.75 Å². The van der Waals surface area contributed by atoms with Gasteiger partial charge in [0.15, 0.2) is 0 Å². The molecule has 3 nitrogen and oxygen atoms in total. The van der Waals surface area contributed by atoms with Crippen LogP contribution in [0, 0.1) is 0 Å². The molecule has 1 aromatic carbocycles. The Balaban J connectivity index is 1.70. The van der Waals surface area contributed by atoms with Gasteiger partial charge in [-0.25, -0.2) is 0 Å². The summed E-state index contributed by atoms with van der Waals surface area (Å²) in [5, 5.41) is 2.14. The van der Waals surface area contributed by atoms with Crippen LogP contribution in [0.15, 0.2) is 41.8 Å². The van der Waals surface area contributed by atoms with Crippen LogP contribution in [0.3, 0.4) is 0 Å². The van der Waals surface area contributed by atoms with Crippen molar-refractivity contribution in [2.75, 3.05) is 19.7 Å². The predicted octanol–water partition coefficient (Wildman–Crippen LogP) is 3.50. The highest BCUT2D eigenvalue weighted by Gasteiger charge is 2.04. The molecule has 0 saturated heterocycles. The van der Waals surface area contributed by atoms with E-state index in [-0.39, 0.29) is 0 Å². The first-order chi connectivity index (χ1) is 10.3. The van der Waals surface area contributed by atoms with Crippen molar-refractivity contribution in [2.24, 2.45) is 5.73 Å². The number of hydrogen-bond donors (Lipinski definition) is 1. The van der Waals surface area contributed by atoms with E-state index in [0.717, 1.165) is 44.0 Å². The molecule has 1 aromatic heterocycles. The quantitative estimate of drug-likeness (QED) is 0.721. The SMILES string of the molecule is CCN(CCCOc1cccc(CN)c1)Cc1cccs1. The molecule has 0 aliphatic rings. The first-order valence-electron chi connectivity index (χ1n) is 7.48. The zero-order chi connectivity index (χ0) is 14.9. The molecule has 21 heavy (non-hydrogen) atoms. The average Bonchev–Trinajstić information content (AvgIpc) is 3.03. The Hall–Kier alpha value is -1.36. The maximum Gasteiger partial charge on any atom is 0.119 e. The minimum absolute atomic E-state index is 0.557. The Morgan fingerprint density at radius 3 is 2.86 bits per heavy atom. The van der Waals surface area contributed by atoms with Crippen molar-refractivity contribution in [3.8, 4) is 5.75 Å². The standard InChI is InChI=1S/C17H24N2OS/c1-2-19(14-17-8-4-11-21-17)9-5-10-20-16-7-3-6-15(12-16)13-18/h3-4,6-8,11-12H,2,5,9-10,13-14,18H2,1H3. The summed E-state index contributed by atoms with van der Waals surface area (Å²) >= 11 is 1.82. The number of rotatable bonds is 9. The van der Waals surface area contributed by atoms with Crippen LogP contribution in [0.2, 0.25) is 0 Å². The first-order valence-corrected chi connectivity index (χ1v) is 8.36. The van der Waals surface area contributed by atoms with Crippen LogP contribution in [-0.2, 0) is 13.1 Å². The molecule has 1 heterocycles. The summed E-state index contributed by atoms with van der Waals surface area (Å²) in [7, 11) is 0. The van der Waals surface area contributed by atoms with Gasteiger partial charge in [0.25, 0.3) is 0 Å². The summed E-state index contributed by atoms with van der Waals surface area (Å²) in [6.07, 6.45) is 1.03. The predicted molar refractivity (Wildman–Crippen MR) is 89.7 cm³/mol. The second kappa shape index (κ2) is 8.82. The van der Waals surface area contributed by atoms with Gasteiger partial charge in [0, 0.05) is 24.5 Å². The van der Waals surface area contributed by atoms with Crippen LogP contribution in [-0.4, -0.2) is 24.6 Å². The Labute approximate surface area is 131 Å². The van der Waals surface area contributed by atoms with Gasteiger partial charge in [-0.1, -0.05) is 25.1 Å². The second-order valence-electron chi connectivity index (χ2n) is 5.00. The lowest BCUT2D eigenvalue weighted by atomic mass is 10.2. The summed E-state index contributed by atoms with van der Waals surface area (Å²) in [5.74, 6) is 0.916. The van der Waals surface area contributed by atoms with Crippen LogP contribution in [0.5, 0.6) is 5.75 Å². The van der Waals surface area contributed by atoms with Gasteiger partial charge in [0.05, 0.1) is 6.61 Å². The lowest BCUT2D eigenvalue weighted by Crippen LogP contribution is -2.24. The van der Waals surface area contributed by atoms with Gasteiger partial charge < -0.3 is 10.5 Å². The van der Waals surface area contributed by atoms with Crippen LogP contribution in [0.4, 0.5) is 0 Å². The third kappa shape index (κ3) is 5.50. The summed E-state index contributed by atoms with van der Waals surface area (Å²) in [5.41, 5.74) is 6.75. The van der Waals surface area contributed by atoms with Gasteiger partial charge >= 0.3 is 0 Å². The van der Waals surface area contributed by atoms with Gasteiger partial charge in [-0.15, -0.1) is 11.3 Å². The minimum Gasteiger partial charge on any atom is -0.494 e. The van der Waals surface area contributed by atoms with E-state index in [0.29, 0.717) is 6.54 Å². The molecule has 0 aliphatic carbocycles. The third-order valence-electron chi connectivity index (χ3n) is 3.43. The fourth-order valence-corrected chi connectivity index (χ4v) is 2.96. The van der Waals surface area contributed by atoms with Crippen LogP contribution in [0.25, 0.3) is 0 Å². The monoisotopic (exact) mass is 304 g/mol. The Bertz CT molecular complexity index is 513. The molecule has 0 spiro atoms. The van der Waals surface area contributed by atoms with Crippen LogP contribution < -0.4 is 10.5 Å². The summed E-state index contributed by atoms with van der Waals surface area (Å²) in [6, 6.07) is 12.3. The van der Waals surface area contributed by atoms with E-state index in [1.54, 1.807) is 0 Å². The minimum atomic E-state index is 0.557. The molecule has 2 aromatic rings. The Morgan fingerprint density at radius 2 is 2.14 bits per heavy atom. The fourth-order valence-electron chi connectivity index (χ4n) is 2.21. The van der Waals surface area contributed by atoms with E-state index in [9.17, 15) is 0 Å². The van der Waals surface area contributed by atoms with Crippen molar-refractivity contribution in [1.29, 1.82) is 0 Å². The summed E-state index contributed by atoms with van der Waals surface area (Å²) in [4.78, 5) is 3.87. The largest absolute Gasteiger partial charge is 0.494 e. The molecule has 4 heteroatoms. The maximum atomic E-state index is 5.80. The molecule has 0 aliphatic heterocycles. The Morgan fingerprint density at radius 1 is 1.24 bits per heavy atom. The van der Waals surface area contributed by atoms with E-state index in [1.165, 1.54) is 4.88 Å². The van der Waals surface area contributed by atoms with Crippen LogP contribution in [0.1, 0.15) is 23.8 Å². The summed E-state index contributed by atoms with van der Waals surface area (Å²) in [6.45, 7) is 6.68. The first kappa shape index (κ1) is 16.0. The molecule has 0 unspecified atom stereocenters. The van der Waals surface area contributed by atoms with Crippen molar-refractivity contribution in [2.45, 2.75) is 26.4 Å². The zero-order valence-electron chi connectivity index (χ0n) is 12.6. The molecular formula is C17H24N2OS. The number of benzene rings is 1. The van der Waals surface area contributed by atoms with E-state index in [4.69, 9.17) is 10.5 Å². The number of nitrogens with two attached hydrogens (primary N) is 1. The lowest BCUT2D eigenvalue weighted by molar-refractivity contribution is 0.237. The normalized spacial score (nSPS) is 11.0. The molecule has 0 saturated carbocycles. The van der Waals surface area contributed by atoms with E-state index in [1.807, 2.05) is 35.6 Å². The van der Waals surface area contributed by atoms with Crippen LogP contribution >= 0.6 is 11.3 Å². The second-order valence-corrected chi connectivity index (χ2v) is 6.03. The van der Waals surface area contributed by atoms with Gasteiger partial charge in [0.2, 0.25) is 0 Å². The topological polar surface area (TPSA) is 38.5 Å². The zero-order valence-corrected chi connectivity index (χ0v) is 13.4. The molecule has 0 bridgehead atoms. The number of thiophene rings is 1. The molecule has 0 radical (unpaired) electrons. The smallest absolute Gasteiger partial charge is 0.119 e. The number of nitrogens with zero attached hydrogens (tertiary/aromatic N) is 1.